The highest BCUT2D eigenvalue weighted by Crippen LogP contribution is 2.59. The summed E-state index contributed by atoms with van der Waals surface area (Å²) in [6.07, 6.45) is 12.5. The number of aliphatic hydroxyl groups is 1. The molecular formula is C24H27NO. The van der Waals surface area contributed by atoms with Crippen molar-refractivity contribution in [3.05, 3.63) is 58.7 Å². The average molecular weight is 345 g/mol. The Morgan fingerprint density at radius 2 is 1.62 bits per heavy atom. The number of rotatable bonds is 2. The van der Waals surface area contributed by atoms with Crippen molar-refractivity contribution in [3.8, 4) is 6.07 Å². The summed E-state index contributed by atoms with van der Waals surface area (Å²) in [5.74, 6) is 3.56. The maximum Gasteiger partial charge on any atom is 0.0991 e. The van der Waals surface area contributed by atoms with E-state index in [1.54, 1.807) is 5.57 Å². The molecule has 0 radical (unpaired) electrons. The van der Waals surface area contributed by atoms with Crippen molar-refractivity contribution < 1.29 is 5.11 Å². The van der Waals surface area contributed by atoms with Crippen molar-refractivity contribution >= 4 is 0 Å². The van der Waals surface area contributed by atoms with Gasteiger partial charge < -0.3 is 5.11 Å². The third-order valence-electron chi connectivity index (χ3n) is 7.63. The summed E-state index contributed by atoms with van der Waals surface area (Å²) in [5, 5.41) is 20.5. The molecule has 26 heavy (non-hydrogen) atoms. The zero-order valence-electron chi connectivity index (χ0n) is 15.5. The summed E-state index contributed by atoms with van der Waals surface area (Å²) < 4.78 is 0. The second kappa shape index (κ2) is 5.83. The van der Waals surface area contributed by atoms with E-state index < -0.39 is 5.60 Å². The standard InChI is InChI=1S/C24H27NO/c1-24(26,20-7-5-15(14-25)6-8-20)22-4-2-3-21(22)23-18-10-16-9-17(12-18)13-19(23)11-16/h2,4-8,16-19,22,26H,3,9-13H2,1H3/t16?,17?,18?,19?,22-,24+/m0/s1. The third-order valence-corrected chi connectivity index (χ3v) is 7.63. The second-order valence-electron chi connectivity index (χ2n) is 9.23. The molecule has 4 bridgehead atoms. The van der Waals surface area contributed by atoms with Gasteiger partial charge in [-0.05, 0) is 86.8 Å². The molecule has 0 unspecified atom stereocenters. The lowest BCUT2D eigenvalue weighted by Crippen LogP contribution is -2.42. The van der Waals surface area contributed by atoms with Gasteiger partial charge >= 0.3 is 0 Å². The molecule has 1 aromatic rings. The monoisotopic (exact) mass is 345 g/mol. The minimum Gasteiger partial charge on any atom is -0.384 e. The summed E-state index contributed by atoms with van der Waals surface area (Å²) >= 11 is 0. The van der Waals surface area contributed by atoms with E-state index >= 15 is 0 Å². The fraction of sp³-hybridized carbons (Fsp3) is 0.542. The van der Waals surface area contributed by atoms with Crippen LogP contribution in [0.25, 0.3) is 0 Å². The minimum atomic E-state index is -0.919. The molecule has 2 heteroatoms. The molecule has 134 valence electrons. The molecule has 4 fully saturated rings. The lowest BCUT2D eigenvalue weighted by Gasteiger charge is -2.53. The Bertz CT molecular complexity index is 791. The van der Waals surface area contributed by atoms with Crippen LogP contribution in [-0.4, -0.2) is 5.11 Å². The fourth-order valence-electron chi connectivity index (χ4n) is 6.68. The summed E-state index contributed by atoms with van der Waals surface area (Å²) in [6.45, 7) is 1.95. The van der Waals surface area contributed by atoms with Gasteiger partial charge in [-0.15, -0.1) is 0 Å². The van der Waals surface area contributed by atoms with Crippen LogP contribution in [0.1, 0.15) is 56.6 Å². The zero-order chi connectivity index (χ0) is 17.9. The van der Waals surface area contributed by atoms with Crippen LogP contribution >= 0.6 is 0 Å². The van der Waals surface area contributed by atoms with E-state index in [0.29, 0.717) is 5.56 Å². The quantitative estimate of drug-likeness (QED) is 0.758. The molecule has 6 rings (SSSR count). The van der Waals surface area contributed by atoms with Gasteiger partial charge in [0.1, 0.15) is 0 Å². The van der Waals surface area contributed by atoms with Crippen molar-refractivity contribution in [2.24, 2.45) is 29.6 Å². The van der Waals surface area contributed by atoms with Crippen LogP contribution in [0, 0.1) is 40.9 Å². The molecule has 4 saturated carbocycles. The molecule has 0 heterocycles. The minimum absolute atomic E-state index is 0.0722. The van der Waals surface area contributed by atoms with Gasteiger partial charge in [-0.2, -0.15) is 5.26 Å². The second-order valence-corrected chi connectivity index (χ2v) is 9.23. The molecule has 2 atom stereocenters. The van der Waals surface area contributed by atoms with Gasteiger partial charge in [-0.3, -0.25) is 0 Å². The van der Waals surface area contributed by atoms with E-state index in [2.05, 4.69) is 18.2 Å². The van der Waals surface area contributed by atoms with Gasteiger partial charge in [0.15, 0.2) is 0 Å². The molecule has 5 aliphatic carbocycles. The van der Waals surface area contributed by atoms with Crippen molar-refractivity contribution in [1.29, 1.82) is 5.26 Å². The highest BCUT2D eigenvalue weighted by Gasteiger charge is 2.48. The van der Waals surface area contributed by atoms with E-state index in [-0.39, 0.29) is 5.92 Å². The van der Waals surface area contributed by atoms with Gasteiger partial charge in [-0.25, -0.2) is 0 Å². The summed E-state index contributed by atoms with van der Waals surface area (Å²) in [5.41, 5.74) is 3.87. The van der Waals surface area contributed by atoms with Crippen LogP contribution in [0.15, 0.2) is 47.6 Å². The van der Waals surface area contributed by atoms with Gasteiger partial charge in [0.05, 0.1) is 17.2 Å². The highest BCUT2D eigenvalue weighted by molar-refractivity contribution is 5.41. The van der Waals surface area contributed by atoms with Gasteiger partial charge in [0.25, 0.3) is 0 Å². The largest absolute Gasteiger partial charge is 0.384 e. The topological polar surface area (TPSA) is 44.0 Å². The molecule has 5 aliphatic rings. The Hall–Kier alpha value is -1.85. The molecular weight excluding hydrogens is 318 g/mol. The fourth-order valence-corrected chi connectivity index (χ4v) is 6.68. The Balaban J connectivity index is 1.52. The first-order valence-electron chi connectivity index (χ1n) is 10.2. The van der Waals surface area contributed by atoms with Crippen LogP contribution in [0.2, 0.25) is 0 Å². The van der Waals surface area contributed by atoms with Crippen molar-refractivity contribution in [1.82, 2.24) is 0 Å². The average Bonchev–Trinajstić information content (AvgIpc) is 3.11. The lowest BCUT2D eigenvalue weighted by atomic mass is 9.53. The Kier molecular flexibility index (Phi) is 3.66. The number of benzene rings is 1. The zero-order valence-corrected chi connectivity index (χ0v) is 15.5. The van der Waals surface area contributed by atoms with Crippen LogP contribution < -0.4 is 0 Å². The van der Waals surface area contributed by atoms with E-state index in [4.69, 9.17) is 5.26 Å². The summed E-state index contributed by atoms with van der Waals surface area (Å²) in [7, 11) is 0. The predicted molar refractivity (Wildman–Crippen MR) is 102 cm³/mol. The normalized spacial score (nSPS) is 37.0. The first-order chi connectivity index (χ1) is 12.6. The SMILES string of the molecule is C[C@@](O)(c1ccc(C#N)cc1)[C@H]1C=CCC1=C1C2CC3CC(C2)CC1C3. The number of hydrogen-bond donors (Lipinski definition) is 1. The predicted octanol–water partition coefficient (Wildman–Crippen LogP) is 5.09. The Morgan fingerprint density at radius 3 is 2.19 bits per heavy atom. The molecule has 1 aromatic carbocycles. The number of allylic oxidation sites excluding steroid dienone is 2. The molecule has 1 N–H and O–H groups in total. The van der Waals surface area contributed by atoms with E-state index in [1.165, 1.54) is 37.7 Å². The molecule has 0 spiro atoms. The molecule has 0 aromatic heterocycles. The number of nitrogens with zero attached hydrogens (tertiary/aromatic N) is 1. The number of nitriles is 1. The van der Waals surface area contributed by atoms with Crippen LogP contribution in [0.4, 0.5) is 0 Å². The Labute approximate surface area is 156 Å². The van der Waals surface area contributed by atoms with Crippen molar-refractivity contribution in [2.75, 3.05) is 0 Å². The van der Waals surface area contributed by atoms with E-state index in [1.807, 2.05) is 31.2 Å². The lowest BCUT2D eigenvalue weighted by molar-refractivity contribution is 0.0233. The smallest absolute Gasteiger partial charge is 0.0991 e. The maximum absolute atomic E-state index is 11.5. The Morgan fingerprint density at radius 1 is 1.00 bits per heavy atom. The first kappa shape index (κ1) is 16.3. The molecule has 0 amide bonds. The highest BCUT2D eigenvalue weighted by atomic mass is 16.3. The summed E-state index contributed by atoms with van der Waals surface area (Å²) in [6, 6.07) is 9.64. The van der Waals surface area contributed by atoms with Crippen molar-refractivity contribution in [2.45, 2.75) is 51.0 Å². The third kappa shape index (κ3) is 2.41. The molecule has 0 saturated heterocycles. The molecule has 2 nitrogen and oxygen atoms in total. The van der Waals surface area contributed by atoms with Crippen LogP contribution in [0.3, 0.4) is 0 Å². The van der Waals surface area contributed by atoms with E-state index in [0.717, 1.165) is 35.7 Å². The van der Waals surface area contributed by atoms with Gasteiger partial charge in [-0.1, -0.05) is 35.4 Å². The van der Waals surface area contributed by atoms with Crippen LogP contribution in [0.5, 0.6) is 0 Å². The summed E-state index contributed by atoms with van der Waals surface area (Å²) in [4.78, 5) is 0. The van der Waals surface area contributed by atoms with Crippen molar-refractivity contribution in [3.63, 3.8) is 0 Å². The maximum atomic E-state index is 11.5. The van der Waals surface area contributed by atoms with Gasteiger partial charge in [0.2, 0.25) is 0 Å². The molecule has 0 aliphatic heterocycles. The first-order valence-corrected chi connectivity index (χ1v) is 10.2. The van der Waals surface area contributed by atoms with E-state index in [9.17, 15) is 5.11 Å². The van der Waals surface area contributed by atoms with Crippen LogP contribution in [-0.2, 0) is 5.60 Å². The van der Waals surface area contributed by atoms with Gasteiger partial charge in [0, 0.05) is 5.92 Å². The number of hydrogen-bond acceptors (Lipinski definition) is 2.